The van der Waals surface area contributed by atoms with Crippen LogP contribution in [0.15, 0.2) is 0 Å². The fourth-order valence-corrected chi connectivity index (χ4v) is 3.11. The van der Waals surface area contributed by atoms with Gasteiger partial charge in [0.15, 0.2) is 0 Å². The Kier molecular flexibility index (Phi) is 3.23. The van der Waals surface area contributed by atoms with Gasteiger partial charge in [0.25, 0.3) is 0 Å². The molecule has 1 unspecified atom stereocenters. The van der Waals surface area contributed by atoms with Gasteiger partial charge in [0.1, 0.15) is 11.6 Å². The highest BCUT2D eigenvalue weighted by Gasteiger charge is 2.25. The van der Waals surface area contributed by atoms with Gasteiger partial charge in [-0.1, -0.05) is 6.42 Å². The van der Waals surface area contributed by atoms with Gasteiger partial charge in [0.2, 0.25) is 0 Å². The van der Waals surface area contributed by atoms with Gasteiger partial charge in [-0.15, -0.1) is 0 Å². The Labute approximate surface area is 109 Å². The van der Waals surface area contributed by atoms with Crippen LogP contribution in [0.5, 0.6) is 0 Å². The van der Waals surface area contributed by atoms with Gasteiger partial charge in [0.05, 0.1) is 0 Å². The highest BCUT2D eigenvalue weighted by molar-refractivity contribution is 5.48. The van der Waals surface area contributed by atoms with Crippen molar-refractivity contribution in [2.75, 3.05) is 5.32 Å². The molecular weight excluding hydrogens is 222 g/mol. The summed E-state index contributed by atoms with van der Waals surface area (Å²) in [5, 5.41) is 3.66. The zero-order valence-electron chi connectivity index (χ0n) is 11.5. The average molecular weight is 245 g/mol. The number of rotatable bonds is 3. The first-order valence-corrected chi connectivity index (χ1v) is 7.37. The number of fused-ring (bicyclic) bond motifs is 1. The zero-order chi connectivity index (χ0) is 12.5. The molecule has 3 rings (SSSR count). The monoisotopic (exact) mass is 245 g/mol. The van der Waals surface area contributed by atoms with Crippen molar-refractivity contribution in [2.45, 2.75) is 64.8 Å². The summed E-state index contributed by atoms with van der Waals surface area (Å²) in [5.74, 6) is 2.88. The van der Waals surface area contributed by atoms with E-state index in [1.807, 2.05) is 6.92 Å². The number of hydrogen-bond acceptors (Lipinski definition) is 3. The molecule has 1 aromatic rings. The Hall–Kier alpha value is -1.12. The van der Waals surface area contributed by atoms with Crippen molar-refractivity contribution in [1.82, 2.24) is 9.97 Å². The van der Waals surface area contributed by atoms with Gasteiger partial charge in [-0.2, -0.15) is 0 Å². The van der Waals surface area contributed by atoms with E-state index in [2.05, 4.69) is 22.2 Å². The molecule has 0 bridgehead atoms. The highest BCUT2D eigenvalue weighted by atomic mass is 15.1. The molecule has 18 heavy (non-hydrogen) atoms. The lowest BCUT2D eigenvalue weighted by Gasteiger charge is -2.33. The van der Waals surface area contributed by atoms with E-state index in [1.54, 1.807) is 0 Å². The van der Waals surface area contributed by atoms with E-state index in [-0.39, 0.29) is 0 Å². The van der Waals surface area contributed by atoms with Crippen molar-refractivity contribution in [3.05, 3.63) is 17.1 Å². The molecule has 1 saturated carbocycles. The first-order chi connectivity index (χ1) is 8.74. The van der Waals surface area contributed by atoms with E-state index >= 15 is 0 Å². The molecule has 2 aliphatic rings. The Morgan fingerprint density at radius 3 is 2.61 bits per heavy atom. The Balaban J connectivity index is 1.83. The molecule has 98 valence electrons. The van der Waals surface area contributed by atoms with Crippen molar-refractivity contribution in [3.63, 3.8) is 0 Å². The normalized spacial score (nSPS) is 21.0. The summed E-state index contributed by atoms with van der Waals surface area (Å²) in [4.78, 5) is 9.25. The van der Waals surface area contributed by atoms with Crippen LogP contribution < -0.4 is 5.32 Å². The molecule has 0 amide bonds. The second kappa shape index (κ2) is 4.87. The summed E-state index contributed by atoms with van der Waals surface area (Å²) in [5.41, 5.74) is 2.68. The lowest BCUT2D eigenvalue weighted by molar-refractivity contribution is 0.284. The third kappa shape index (κ3) is 2.23. The fourth-order valence-electron chi connectivity index (χ4n) is 3.11. The topological polar surface area (TPSA) is 37.8 Å². The molecule has 0 aromatic carbocycles. The predicted octanol–water partition coefficient (Wildman–Crippen LogP) is 3.26. The largest absolute Gasteiger partial charge is 0.367 e. The van der Waals surface area contributed by atoms with Crippen molar-refractivity contribution >= 4 is 5.82 Å². The first kappa shape index (κ1) is 11.9. The summed E-state index contributed by atoms with van der Waals surface area (Å²) in [6, 6.07) is 0.555. The predicted molar refractivity (Wildman–Crippen MR) is 73.8 cm³/mol. The molecule has 1 heterocycles. The minimum absolute atomic E-state index is 0.555. The Morgan fingerprint density at radius 2 is 1.89 bits per heavy atom. The number of aromatic nitrogens is 2. The number of aryl methyl sites for hydroxylation is 2. The third-order valence-electron chi connectivity index (χ3n) is 4.52. The fraction of sp³-hybridized carbons (Fsp3) is 0.733. The average Bonchev–Trinajstić information content (AvgIpc) is 2.26. The summed E-state index contributed by atoms with van der Waals surface area (Å²) in [7, 11) is 0. The van der Waals surface area contributed by atoms with Crippen LogP contribution in [0.4, 0.5) is 5.82 Å². The molecule has 0 saturated heterocycles. The van der Waals surface area contributed by atoms with Crippen LogP contribution in [0, 0.1) is 12.8 Å². The molecule has 3 heteroatoms. The van der Waals surface area contributed by atoms with Crippen LogP contribution >= 0.6 is 0 Å². The molecule has 1 atom stereocenters. The molecule has 2 aliphatic carbocycles. The number of nitrogens with one attached hydrogen (secondary N) is 1. The third-order valence-corrected chi connectivity index (χ3v) is 4.52. The van der Waals surface area contributed by atoms with E-state index in [4.69, 9.17) is 0 Å². The number of anilines is 1. The van der Waals surface area contributed by atoms with Crippen molar-refractivity contribution in [3.8, 4) is 0 Å². The second-order valence-electron chi connectivity index (χ2n) is 5.88. The molecule has 1 aromatic heterocycles. The SMILES string of the molecule is Cc1nc2c(c(NC(C)C3CCC3)n1)CCCC2. The summed E-state index contributed by atoms with van der Waals surface area (Å²) < 4.78 is 0. The summed E-state index contributed by atoms with van der Waals surface area (Å²) >= 11 is 0. The quantitative estimate of drug-likeness (QED) is 0.888. The summed E-state index contributed by atoms with van der Waals surface area (Å²) in [6.45, 7) is 4.31. The van der Waals surface area contributed by atoms with Crippen LogP contribution in [-0.2, 0) is 12.8 Å². The number of nitrogens with zero attached hydrogens (tertiary/aromatic N) is 2. The molecule has 1 fully saturated rings. The van der Waals surface area contributed by atoms with Crippen LogP contribution in [0.2, 0.25) is 0 Å². The molecular formula is C15H23N3. The Bertz CT molecular complexity index is 438. The lowest BCUT2D eigenvalue weighted by Crippen LogP contribution is -2.32. The number of hydrogen-bond donors (Lipinski definition) is 1. The summed E-state index contributed by atoms with van der Waals surface area (Å²) in [6.07, 6.45) is 8.99. The maximum absolute atomic E-state index is 4.65. The van der Waals surface area contributed by atoms with E-state index in [0.29, 0.717) is 6.04 Å². The minimum Gasteiger partial charge on any atom is -0.367 e. The van der Waals surface area contributed by atoms with E-state index in [9.17, 15) is 0 Å². The van der Waals surface area contributed by atoms with Gasteiger partial charge >= 0.3 is 0 Å². The molecule has 0 aliphatic heterocycles. The Morgan fingerprint density at radius 1 is 1.11 bits per heavy atom. The lowest BCUT2D eigenvalue weighted by atomic mass is 9.80. The van der Waals surface area contributed by atoms with Crippen molar-refractivity contribution < 1.29 is 0 Å². The second-order valence-corrected chi connectivity index (χ2v) is 5.88. The standard InChI is InChI=1S/C15H23N3/c1-10(12-6-5-7-12)16-15-13-8-3-4-9-14(13)17-11(2)18-15/h10,12H,3-9H2,1-2H3,(H,16,17,18). The van der Waals surface area contributed by atoms with Gasteiger partial charge in [-0.05, 0) is 58.3 Å². The maximum atomic E-state index is 4.65. The smallest absolute Gasteiger partial charge is 0.133 e. The van der Waals surface area contributed by atoms with Crippen LogP contribution in [-0.4, -0.2) is 16.0 Å². The molecule has 0 radical (unpaired) electrons. The van der Waals surface area contributed by atoms with E-state index in [1.165, 1.54) is 43.4 Å². The zero-order valence-corrected chi connectivity index (χ0v) is 11.5. The maximum Gasteiger partial charge on any atom is 0.133 e. The first-order valence-electron chi connectivity index (χ1n) is 7.37. The van der Waals surface area contributed by atoms with Crippen LogP contribution in [0.3, 0.4) is 0 Å². The molecule has 0 spiro atoms. The van der Waals surface area contributed by atoms with Gasteiger partial charge in [0, 0.05) is 17.3 Å². The van der Waals surface area contributed by atoms with Crippen LogP contribution in [0.25, 0.3) is 0 Å². The van der Waals surface area contributed by atoms with Gasteiger partial charge in [-0.3, -0.25) is 0 Å². The van der Waals surface area contributed by atoms with Gasteiger partial charge in [-0.25, -0.2) is 9.97 Å². The van der Waals surface area contributed by atoms with Crippen molar-refractivity contribution in [1.29, 1.82) is 0 Å². The minimum atomic E-state index is 0.555. The molecule has 1 N–H and O–H groups in total. The van der Waals surface area contributed by atoms with E-state index < -0.39 is 0 Å². The highest BCUT2D eigenvalue weighted by Crippen LogP contribution is 2.32. The van der Waals surface area contributed by atoms with Crippen LogP contribution in [0.1, 0.15) is 56.1 Å². The van der Waals surface area contributed by atoms with E-state index in [0.717, 1.165) is 30.4 Å². The molecule has 3 nitrogen and oxygen atoms in total. The van der Waals surface area contributed by atoms with Gasteiger partial charge < -0.3 is 5.32 Å². The van der Waals surface area contributed by atoms with Crippen molar-refractivity contribution in [2.24, 2.45) is 5.92 Å².